The number of phenolic OH excluding ortho intramolecular Hbond substituents is 1. The molecule has 1 fully saturated rings. The molecule has 10 nitrogen and oxygen atoms in total. The largest absolute Gasteiger partial charge is 0.508 e. The van der Waals surface area contributed by atoms with Crippen LogP contribution >= 0.6 is 0 Å². The number of aromatic hydroxyl groups is 1. The highest BCUT2D eigenvalue weighted by atomic mass is 16.5. The van der Waals surface area contributed by atoms with Crippen LogP contribution in [0.4, 0.5) is 0 Å². The van der Waals surface area contributed by atoms with Crippen LogP contribution in [-0.2, 0) is 23.9 Å². The highest BCUT2D eigenvalue weighted by molar-refractivity contribution is 6.23. The predicted octanol–water partition coefficient (Wildman–Crippen LogP) is 1.55. The van der Waals surface area contributed by atoms with Crippen molar-refractivity contribution in [1.82, 2.24) is 0 Å². The minimum atomic E-state index is -2.86. The molecule has 6 N–H and O–H groups in total. The number of fused-ring (bicyclic) bond motifs is 3. The van der Waals surface area contributed by atoms with E-state index in [9.17, 15) is 39.6 Å². The first-order valence-corrected chi connectivity index (χ1v) is 11.3. The Morgan fingerprint density at radius 2 is 1.86 bits per heavy atom. The summed E-state index contributed by atoms with van der Waals surface area (Å²) in [7, 11) is 0. The van der Waals surface area contributed by atoms with Gasteiger partial charge in [0.15, 0.2) is 11.4 Å². The van der Waals surface area contributed by atoms with Crippen LogP contribution < -0.4 is 5.73 Å². The molecule has 5 unspecified atom stereocenters. The summed E-state index contributed by atoms with van der Waals surface area (Å²) < 4.78 is 5.75. The molecule has 0 aliphatic heterocycles. The van der Waals surface area contributed by atoms with Crippen LogP contribution in [0, 0.1) is 17.8 Å². The number of hydrogen-bond acceptors (Lipinski definition) is 9. The van der Waals surface area contributed by atoms with Crippen molar-refractivity contribution in [2.75, 3.05) is 0 Å². The van der Waals surface area contributed by atoms with Crippen LogP contribution in [0.15, 0.2) is 35.1 Å². The quantitative estimate of drug-likeness (QED) is 0.312. The van der Waals surface area contributed by atoms with Gasteiger partial charge in [-0.1, -0.05) is 32.9 Å². The summed E-state index contributed by atoms with van der Waals surface area (Å²) in [6.07, 6.45) is -1.93. The number of rotatable bonds is 4. The summed E-state index contributed by atoms with van der Waals surface area (Å²) in [6, 6.07) is 4.51. The molecule has 10 heteroatoms. The summed E-state index contributed by atoms with van der Waals surface area (Å²) in [4.78, 5) is 51.1. The molecule has 35 heavy (non-hydrogen) atoms. The molecule has 4 rings (SSSR count). The summed E-state index contributed by atoms with van der Waals surface area (Å²) in [5.41, 5.74) is 1.51. The lowest BCUT2D eigenvalue weighted by molar-refractivity contribution is -0.179. The summed E-state index contributed by atoms with van der Waals surface area (Å²) >= 11 is 0. The smallest absolute Gasteiger partial charge is 0.306 e. The number of esters is 1. The molecule has 0 saturated heterocycles. The first-order valence-electron chi connectivity index (χ1n) is 11.3. The summed E-state index contributed by atoms with van der Waals surface area (Å²) in [6.45, 7) is 5.28. The third kappa shape index (κ3) is 3.43. The van der Waals surface area contributed by atoms with Gasteiger partial charge in [0.25, 0.3) is 5.91 Å². The van der Waals surface area contributed by atoms with E-state index in [1.807, 2.05) is 0 Å². The van der Waals surface area contributed by atoms with E-state index in [2.05, 4.69) is 0 Å². The number of phenols is 1. The van der Waals surface area contributed by atoms with Crippen LogP contribution in [0.2, 0.25) is 0 Å². The fourth-order valence-electron chi connectivity index (χ4n) is 5.61. The molecule has 1 aromatic rings. The van der Waals surface area contributed by atoms with Crippen LogP contribution in [0.25, 0.3) is 5.76 Å². The van der Waals surface area contributed by atoms with E-state index in [-0.39, 0.29) is 29.2 Å². The summed E-state index contributed by atoms with van der Waals surface area (Å²) in [5.74, 6) is -9.39. The monoisotopic (exact) mass is 485 g/mol. The van der Waals surface area contributed by atoms with Gasteiger partial charge < -0.3 is 30.9 Å². The number of nitrogens with two attached hydrogens (primary N) is 1. The van der Waals surface area contributed by atoms with Gasteiger partial charge in [-0.25, -0.2) is 0 Å². The average molecular weight is 485 g/mol. The second-order valence-corrected chi connectivity index (χ2v) is 9.79. The molecule has 0 radical (unpaired) electrons. The van der Waals surface area contributed by atoms with Crippen molar-refractivity contribution < 1.29 is 44.3 Å². The van der Waals surface area contributed by atoms with Gasteiger partial charge in [-0.05, 0) is 23.5 Å². The lowest BCUT2D eigenvalue weighted by atomic mass is 9.55. The average Bonchev–Trinajstić information content (AvgIpc) is 2.75. The second-order valence-electron chi connectivity index (χ2n) is 9.79. The van der Waals surface area contributed by atoms with E-state index < -0.39 is 76.4 Å². The third-order valence-corrected chi connectivity index (χ3v) is 7.18. The van der Waals surface area contributed by atoms with Crippen molar-refractivity contribution in [3.8, 4) is 5.75 Å². The number of carbonyl (C=O) groups excluding carboxylic acids is 4. The van der Waals surface area contributed by atoms with E-state index in [1.54, 1.807) is 32.9 Å². The lowest BCUT2D eigenvalue weighted by Gasteiger charge is -2.51. The molecular weight excluding hydrogens is 458 g/mol. The van der Waals surface area contributed by atoms with Crippen molar-refractivity contribution in [3.05, 3.63) is 46.2 Å². The van der Waals surface area contributed by atoms with Crippen LogP contribution in [0.1, 0.15) is 50.7 Å². The van der Waals surface area contributed by atoms with Crippen molar-refractivity contribution in [2.24, 2.45) is 23.5 Å². The fraction of sp³-hybridized carbons (Fsp3) is 0.440. The second kappa shape index (κ2) is 8.23. The number of primary amides is 1. The molecule has 1 aromatic carbocycles. The van der Waals surface area contributed by atoms with Gasteiger partial charge in [-0.3, -0.25) is 19.2 Å². The maximum absolute atomic E-state index is 13.7. The first kappa shape index (κ1) is 24.5. The molecule has 3 aliphatic carbocycles. The van der Waals surface area contributed by atoms with Crippen molar-refractivity contribution in [2.45, 2.75) is 51.2 Å². The molecule has 3 aliphatic rings. The fourth-order valence-corrected chi connectivity index (χ4v) is 5.61. The van der Waals surface area contributed by atoms with Crippen molar-refractivity contribution in [3.63, 3.8) is 0 Å². The Morgan fingerprint density at radius 1 is 1.20 bits per heavy atom. The van der Waals surface area contributed by atoms with E-state index >= 15 is 0 Å². The van der Waals surface area contributed by atoms with Gasteiger partial charge in [0, 0.05) is 30.3 Å². The van der Waals surface area contributed by atoms with Crippen LogP contribution in [0.5, 0.6) is 5.75 Å². The lowest BCUT2D eigenvalue weighted by Crippen LogP contribution is -2.64. The highest BCUT2D eigenvalue weighted by Gasteiger charge is 2.66. The SMILES string of the molecule is CC(C)CC(=O)OC1C2C(=C(O)c3c(O)cccc3C2C)C(=O)C2(O)C(O)=C(C(N)=O)C(=O)CC12. The number of Topliss-reactive ketones (excluding diaryl/α,β-unsaturated/α-hetero) is 2. The van der Waals surface area contributed by atoms with E-state index in [0.29, 0.717) is 5.56 Å². The number of carbonyl (C=O) groups is 4. The standard InChI is InChI=1S/C25H27NO9/c1-9(2)7-15(29)35-21-12-8-14(28)18(24(26)33)22(31)25(12,34)23(32)19-16(21)10(3)11-5-4-6-13(27)17(11)20(19)30/h4-6,9-10,12,16,21,27,30-31,34H,7-8H2,1-3H3,(H2,26,33). The van der Waals surface area contributed by atoms with Crippen molar-refractivity contribution in [1.29, 1.82) is 0 Å². The van der Waals surface area contributed by atoms with E-state index in [1.165, 1.54) is 6.07 Å². The highest BCUT2D eigenvalue weighted by Crippen LogP contribution is 2.56. The van der Waals surface area contributed by atoms with Crippen molar-refractivity contribution >= 4 is 29.2 Å². The van der Waals surface area contributed by atoms with Gasteiger partial charge in [0.05, 0.1) is 5.56 Å². The molecule has 0 heterocycles. The molecule has 5 atom stereocenters. The Kier molecular flexibility index (Phi) is 5.75. The topological polar surface area (TPSA) is 184 Å². The predicted molar refractivity (Wildman–Crippen MR) is 121 cm³/mol. The zero-order chi connectivity index (χ0) is 26.0. The Hall–Kier alpha value is -3.66. The molecule has 1 amide bonds. The molecule has 186 valence electrons. The molecular formula is C25H27NO9. The number of ketones is 2. The Bertz CT molecular complexity index is 1230. The zero-order valence-electron chi connectivity index (χ0n) is 19.4. The molecule has 0 bridgehead atoms. The molecule has 0 aromatic heterocycles. The number of ether oxygens (including phenoxy) is 1. The van der Waals surface area contributed by atoms with Gasteiger partial charge >= 0.3 is 5.97 Å². The van der Waals surface area contributed by atoms with Crippen LogP contribution in [0.3, 0.4) is 0 Å². The minimum absolute atomic E-state index is 0.00139. The van der Waals surface area contributed by atoms with E-state index in [0.717, 1.165) is 0 Å². The number of hydrogen-bond donors (Lipinski definition) is 5. The van der Waals surface area contributed by atoms with Gasteiger partial charge in [-0.15, -0.1) is 0 Å². The molecule has 0 spiro atoms. The molecule has 1 saturated carbocycles. The van der Waals surface area contributed by atoms with E-state index in [4.69, 9.17) is 10.5 Å². The van der Waals surface area contributed by atoms with Crippen LogP contribution in [-0.4, -0.2) is 55.6 Å². The summed E-state index contributed by atoms with van der Waals surface area (Å²) in [5, 5.41) is 43.9. The number of amides is 1. The number of benzene rings is 1. The normalized spacial score (nSPS) is 30.1. The minimum Gasteiger partial charge on any atom is -0.508 e. The maximum Gasteiger partial charge on any atom is 0.306 e. The van der Waals surface area contributed by atoms with Gasteiger partial charge in [-0.2, -0.15) is 0 Å². The van der Waals surface area contributed by atoms with Gasteiger partial charge in [0.1, 0.15) is 28.9 Å². The number of aliphatic hydroxyl groups excluding tert-OH is 2. The Balaban J connectivity index is 2.00. The maximum atomic E-state index is 13.7. The Labute approximate surface area is 200 Å². The zero-order valence-corrected chi connectivity index (χ0v) is 19.4. The Morgan fingerprint density at radius 3 is 2.46 bits per heavy atom. The number of aliphatic hydroxyl groups is 3. The van der Waals surface area contributed by atoms with Gasteiger partial charge in [0.2, 0.25) is 5.78 Å². The first-order chi connectivity index (χ1) is 16.3. The third-order valence-electron chi connectivity index (χ3n) is 7.18.